The summed E-state index contributed by atoms with van der Waals surface area (Å²) in [6.45, 7) is 1.16. The molecule has 0 aliphatic heterocycles. The van der Waals surface area contributed by atoms with E-state index in [-0.39, 0.29) is 0 Å². The van der Waals surface area contributed by atoms with E-state index in [2.05, 4.69) is 10.4 Å². The van der Waals surface area contributed by atoms with Gasteiger partial charge in [-0.05, 0) is 18.2 Å². The molecule has 0 saturated carbocycles. The highest BCUT2D eigenvalue weighted by molar-refractivity contribution is 5.96. The minimum absolute atomic E-state index is 0.460. The van der Waals surface area contributed by atoms with Crippen LogP contribution in [0.25, 0.3) is 0 Å². The van der Waals surface area contributed by atoms with Crippen molar-refractivity contribution in [2.24, 2.45) is 5.73 Å². The third-order valence-electron chi connectivity index (χ3n) is 4.36. The number of nitrogens with two attached hydrogens (primary N) is 1. The number of benzene rings is 2. The monoisotopic (exact) mass is 377 g/mol. The second-order valence-electron chi connectivity index (χ2n) is 6.61. The van der Waals surface area contributed by atoms with E-state index in [0.29, 0.717) is 13.1 Å². The van der Waals surface area contributed by atoms with E-state index in [1.807, 2.05) is 83.5 Å². The third kappa shape index (κ3) is 5.05. The highest BCUT2D eigenvalue weighted by atomic mass is 16.2. The summed E-state index contributed by atoms with van der Waals surface area (Å²) in [7, 11) is 1.83. The Hall–Kier alpha value is -3.45. The summed E-state index contributed by atoms with van der Waals surface area (Å²) in [5.74, 6) is -0.460. The molecule has 0 aliphatic rings. The first-order valence-electron chi connectivity index (χ1n) is 8.93. The molecule has 144 valence electrons. The molecule has 3 rings (SSSR count). The SMILES string of the molecule is CN(Cc1cnn(Cc2ccccc2)c1)[C@H](C(=O)NC(N)=O)c1ccccc1. The van der Waals surface area contributed by atoms with Gasteiger partial charge >= 0.3 is 6.03 Å². The first-order valence-corrected chi connectivity index (χ1v) is 8.93. The topological polar surface area (TPSA) is 93.2 Å². The number of urea groups is 1. The van der Waals surface area contributed by atoms with E-state index in [0.717, 1.165) is 16.7 Å². The predicted octanol–water partition coefficient (Wildman–Crippen LogP) is 2.30. The molecule has 28 heavy (non-hydrogen) atoms. The molecular formula is C21H23N5O2. The number of amides is 3. The number of hydrogen-bond donors (Lipinski definition) is 2. The van der Waals surface area contributed by atoms with Crippen LogP contribution in [0.1, 0.15) is 22.7 Å². The van der Waals surface area contributed by atoms with Crippen LogP contribution in [0.3, 0.4) is 0 Å². The van der Waals surface area contributed by atoms with Crippen LogP contribution in [0.4, 0.5) is 4.79 Å². The standard InChI is InChI=1S/C21H23N5O2/c1-25(19(20(27)24-21(22)28)18-10-6-3-7-11-18)13-17-12-23-26(15-17)14-16-8-4-2-5-9-16/h2-12,15,19H,13-14H2,1H3,(H3,22,24,27,28)/t19-/m0/s1. The summed E-state index contributed by atoms with van der Waals surface area (Å²) in [4.78, 5) is 25.6. The maximum atomic E-state index is 12.6. The fourth-order valence-corrected chi connectivity index (χ4v) is 3.16. The Kier molecular flexibility index (Phi) is 6.18. The average Bonchev–Trinajstić information content (AvgIpc) is 3.09. The number of carbonyl (C=O) groups excluding carboxylic acids is 2. The van der Waals surface area contributed by atoms with Gasteiger partial charge in [0.1, 0.15) is 6.04 Å². The Labute approximate surface area is 163 Å². The highest BCUT2D eigenvalue weighted by Gasteiger charge is 2.26. The molecule has 7 nitrogen and oxygen atoms in total. The second kappa shape index (κ2) is 8.96. The number of imide groups is 1. The van der Waals surface area contributed by atoms with Gasteiger partial charge in [0.15, 0.2) is 0 Å². The second-order valence-corrected chi connectivity index (χ2v) is 6.61. The summed E-state index contributed by atoms with van der Waals surface area (Å²) in [6.07, 6.45) is 3.74. The number of likely N-dealkylation sites (N-methyl/N-ethyl adjacent to an activating group) is 1. The van der Waals surface area contributed by atoms with Crippen molar-refractivity contribution in [2.75, 3.05) is 7.05 Å². The maximum absolute atomic E-state index is 12.6. The first-order chi connectivity index (χ1) is 13.5. The van der Waals surface area contributed by atoms with Gasteiger partial charge in [-0.3, -0.25) is 19.7 Å². The van der Waals surface area contributed by atoms with Crippen LogP contribution in [0.15, 0.2) is 73.1 Å². The molecule has 0 unspecified atom stereocenters. The smallest absolute Gasteiger partial charge is 0.318 e. The van der Waals surface area contributed by atoms with Crippen molar-refractivity contribution in [3.8, 4) is 0 Å². The molecule has 0 aliphatic carbocycles. The van der Waals surface area contributed by atoms with Gasteiger partial charge in [-0.1, -0.05) is 60.7 Å². The van der Waals surface area contributed by atoms with Crippen LogP contribution in [0.5, 0.6) is 0 Å². The van der Waals surface area contributed by atoms with Crippen LogP contribution < -0.4 is 11.1 Å². The van der Waals surface area contributed by atoms with Crippen LogP contribution in [-0.2, 0) is 17.9 Å². The largest absolute Gasteiger partial charge is 0.351 e. The number of primary amides is 1. The first kappa shape index (κ1) is 19.3. The quantitative estimate of drug-likeness (QED) is 0.661. The minimum atomic E-state index is -0.866. The van der Waals surface area contributed by atoms with Crippen LogP contribution in [0.2, 0.25) is 0 Å². The maximum Gasteiger partial charge on any atom is 0.318 e. The zero-order chi connectivity index (χ0) is 19.9. The van der Waals surface area contributed by atoms with E-state index in [4.69, 9.17) is 5.73 Å². The molecular weight excluding hydrogens is 354 g/mol. The fraction of sp³-hybridized carbons (Fsp3) is 0.190. The molecule has 0 fully saturated rings. The molecule has 0 bridgehead atoms. The van der Waals surface area contributed by atoms with E-state index < -0.39 is 18.0 Å². The van der Waals surface area contributed by atoms with E-state index in [1.165, 1.54) is 0 Å². The van der Waals surface area contributed by atoms with E-state index >= 15 is 0 Å². The van der Waals surface area contributed by atoms with Crippen LogP contribution >= 0.6 is 0 Å². The number of nitrogens with one attached hydrogen (secondary N) is 1. The van der Waals surface area contributed by atoms with Gasteiger partial charge in [0.05, 0.1) is 12.7 Å². The van der Waals surface area contributed by atoms with Gasteiger partial charge in [-0.25, -0.2) is 4.79 Å². The van der Waals surface area contributed by atoms with E-state index in [9.17, 15) is 9.59 Å². The van der Waals surface area contributed by atoms with Crippen LogP contribution in [0, 0.1) is 0 Å². The van der Waals surface area contributed by atoms with Gasteiger partial charge in [0.25, 0.3) is 0 Å². The summed E-state index contributed by atoms with van der Waals surface area (Å²) in [5, 5.41) is 6.59. The number of carbonyl (C=O) groups is 2. The highest BCUT2D eigenvalue weighted by Crippen LogP contribution is 2.21. The molecule has 1 atom stereocenters. The van der Waals surface area contributed by atoms with Gasteiger partial charge in [0, 0.05) is 18.3 Å². The summed E-state index contributed by atoms with van der Waals surface area (Å²) in [6, 6.07) is 17.8. The van der Waals surface area contributed by atoms with Gasteiger partial charge in [0.2, 0.25) is 5.91 Å². The molecule has 0 spiro atoms. The Balaban J connectivity index is 1.74. The molecule has 3 N–H and O–H groups in total. The van der Waals surface area contributed by atoms with Gasteiger partial charge in [-0.15, -0.1) is 0 Å². The average molecular weight is 377 g/mol. The molecule has 2 aromatic carbocycles. The molecule has 3 aromatic rings. The Bertz CT molecular complexity index is 924. The molecule has 0 radical (unpaired) electrons. The normalized spacial score (nSPS) is 11.9. The lowest BCUT2D eigenvalue weighted by molar-refractivity contribution is -0.125. The summed E-state index contributed by atoms with van der Waals surface area (Å²) < 4.78 is 1.86. The number of hydrogen-bond acceptors (Lipinski definition) is 4. The van der Waals surface area contributed by atoms with Crippen molar-refractivity contribution in [3.63, 3.8) is 0 Å². The van der Waals surface area contributed by atoms with E-state index in [1.54, 1.807) is 6.20 Å². The Morgan fingerprint density at radius 1 is 1.07 bits per heavy atom. The Morgan fingerprint density at radius 2 is 1.71 bits per heavy atom. The minimum Gasteiger partial charge on any atom is -0.351 e. The zero-order valence-corrected chi connectivity index (χ0v) is 15.7. The van der Waals surface area contributed by atoms with Crippen molar-refractivity contribution in [1.82, 2.24) is 20.0 Å². The van der Waals surface area contributed by atoms with Crippen molar-refractivity contribution in [3.05, 3.63) is 89.7 Å². The number of aromatic nitrogens is 2. The zero-order valence-electron chi connectivity index (χ0n) is 15.7. The van der Waals surface area contributed by atoms with Gasteiger partial charge < -0.3 is 5.73 Å². The summed E-state index contributed by atoms with van der Waals surface area (Å²) in [5.41, 5.74) is 8.04. The predicted molar refractivity (Wildman–Crippen MR) is 106 cm³/mol. The van der Waals surface area contributed by atoms with Crippen molar-refractivity contribution >= 4 is 11.9 Å². The molecule has 1 aromatic heterocycles. The van der Waals surface area contributed by atoms with Crippen LogP contribution in [-0.4, -0.2) is 33.7 Å². The molecule has 0 saturated heterocycles. The lowest BCUT2D eigenvalue weighted by Gasteiger charge is -2.26. The Morgan fingerprint density at radius 3 is 2.36 bits per heavy atom. The lowest BCUT2D eigenvalue weighted by Crippen LogP contribution is -2.43. The number of nitrogens with zero attached hydrogens (tertiary/aromatic N) is 3. The summed E-state index contributed by atoms with van der Waals surface area (Å²) >= 11 is 0. The molecule has 3 amide bonds. The molecule has 1 heterocycles. The van der Waals surface area contributed by atoms with Crippen molar-refractivity contribution < 1.29 is 9.59 Å². The molecule has 7 heteroatoms. The number of rotatable bonds is 7. The van der Waals surface area contributed by atoms with Crippen molar-refractivity contribution in [2.45, 2.75) is 19.1 Å². The van der Waals surface area contributed by atoms with Crippen molar-refractivity contribution in [1.29, 1.82) is 0 Å². The fourth-order valence-electron chi connectivity index (χ4n) is 3.16. The lowest BCUT2D eigenvalue weighted by atomic mass is 10.0. The third-order valence-corrected chi connectivity index (χ3v) is 4.36. The van der Waals surface area contributed by atoms with Gasteiger partial charge in [-0.2, -0.15) is 5.10 Å².